The van der Waals surface area contributed by atoms with Crippen molar-refractivity contribution in [2.45, 2.75) is 6.92 Å². The molecule has 4 heteroatoms. The Labute approximate surface area is 82.6 Å². The van der Waals surface area contributed by atoms with Crippen molar-refractivity contribution in [2.24, 2.45) is 0 Å². The van der Waals surface area contributed by atoms with E-state index in [2.05, 4.69) is 15.3 Å². The second kappa shape index (κ2) is 3.49. The molecule has 0 aromatic carbocycles. The van der Waals surface area contributed by atoms with E-state index in [1.54, 1.807) is 6.20 Å². The molecule has 1 N–H and O–H groups in total. The lowest BCUT2D eigenvalue weighted by Crippen LogP contribution is -2.01. The lowest BCUT2D eigenvalue weighted by Gasteiger charge is -2.05. The Bertz CT molecular complexity index is 433. The summed E-state index contributed by atoms with van der Waals surface area (Å²) in [4.78, 5) is 8.56. The number of nitrogens with one attached hydrogen (secondary N) is 1. The van der Waals surface area contributed by atoms with Crippen LogP contribution in [0, 0.1) is 6.92 Å². The van der Waals surface area contributed by atoms with Crippen LogP contribution >= 0.6 is 0 Å². The third-order valence-electron chi connectivity index (χ3n) is 2.06. The maximum absolute atomic E-state index is 4.41. The number of aromatic nitrogens is 3. The molecule has 0 fully saturated rings. The lowest BCUT2D eigenvalue weighted by molar-refractivity contribution is 0.934. The van der Waals surface area contributed by atoms with Gasteiger partial charge in [-0.15, -0.1) is 0 Å². The van der Waals surface area contributed by atoms with Crippen LogP contribution in [0.1, 0.15) is 5.82 Å². The largest absolute Gasteiger partial charge is 0.373 e. The van der Waals surface area contributed by atoms with Crippen LogP contribution in [0.2, 0.25) is 0 Å². The summed E-state index contributed by atoms with van der Waals surface area (Å²) in [6.45, 7) is 1.95. The number of rotatable bonds is 2. The molecule has 0 atom stereocenters. The molecule has 0 unspecified atom stereocenters. The van der Waals surface area contributed by atoms with Gasteiger partial charge in [-0.1, -0.05) is 6.07 Å². The van der Waals surface area contributed by atoms with Crippen molar-refractivity contribution >= 4 is 5.82 Å². The van der Waals surface area contributed by atoms with E-state index in [1.165, 1.54) is 0 Å². The van der Waals surface area contributed by atoms with E-state index in [9.17, 15) is 0 Å². The second-order valence-electron chi connectivity index (χ2n) is 2.98. The number of pyridine rings is 1. The molecule has 0 radical (unpaired) electrons. The summed E-state index contributed by atoms with van der Waals surface area (Å²) in [5.74, 6) is 2.67. The van der Waals surface area contributed by atoms with Crippen LogP contribution in [-0.4, -0.2) is 21.6 Å². The Morgan fingerprint density at radius 1 is 1.36 bits per heavy atom. The molecule has 4 nitrogen and oxygen atoms in total. The molecule has 0 saturated carbocycles. The number of hydrogen-bond donors (Lipinski definition) is 1. The zero-order valence-electron chi connectivity index (χ0n) is 8.23. The van der Waals surface area contributed by atoms with Gasteiger partial charge in [-0.3, -0.25) is 4.57 Å². The maximum atomic E-state index is 4.41. The molecule has 0 amide bonds. The Morgan fingerprint density at radius 3 is 2.86 bits per heavy atom. The third-order valence-corrected chi connectivity index (χ3v) is 2.06. The van der Waals surface area contributed by atoms with Crippen LogP contribution in [-0.2, 0) is 0 Å². The number of hydrogen-bond acceptors (Lipinski definition) is 3. The van der Waals surface area contributed by atoms with Crippen molar-refractivity contribution in [1.82, 2.24) is 14.5 Å². The SMILES string of the molecule is CNc1cccc(-n2ccnc2C)n1. The van der Waals surface area contributed by atoms with Gasteiger partial charge in [0, 0.05) is 19.4 Å². The average molecular weight is 188 g/mol. The van der Waals surface area contributed by atoms with Crippen molar-refractivity contribution < 1.29 is 0 Å². The minimum absolute atomic E-state index is 0.857. The first-order valence-corrected chi connectivity index (χ1v) is 4.46. The Hall–Kier alpha value is -1.84. The third kappa shape index (κ3) is 1.46. The fraction of sp³-hybridized carbons (Fsp3) is 0.200. The lowest BCUT2D eigenvalue weighted by atomic mass is 10.4. The summed E-state index contributed by atoms with van der Waals surface area (Å²) < 4.78 is 1.95. The zero-order valence-corrected chi connectivity index (χ0v) is 8.23. The van der Waals surface area contributed by atoms with Gasteiger partial charge in [-0.25, -0.2) is 9.97 Å². The molecular formula is C10H12N4. The van der Waals surface area contributed by atoms with Crippen LogP contribution in [0.5, 0.6) is 0 Å². The molecule has 0 bridgehead atoms. The first-order valence-electron chi connectivity index (χ1n) is 4.46. The minimum atomic E-state index is 0.857. The molecule has 0 saturated heterocycles. The van der Waals surface area contributed by atoms with Crippen LogP contribution in [0.25, 0.3) is 5.82 Å². The molecule has 2 aromatic heterocycles. The van der Waals surface area contributed by atoms with Crippen molar-refractivity contribution in [3.05, 3.63) is 36.4 Å². The molecule has 0 aliphatic heterocycles. The number of anilines is 1. The first kappa shape index (κ1) is 8.74. The number of nitrogens with zero attached hydrogens (tertiary/aromatic N) is 3. The van der Waals surface area contributed by atoms with Crippen molar-refractivity contribution in [2.75, 3.05) is 12.4 Å². The Morgan fingerprint density at radius 2 is 2.21 bits per heavy atom. The predicted octanol–water partition coefficient (Wildman–Crippen LogP) is 1.62. The molecule has 0 aliphatic carbocycles. The summed E-state index contributed by atoms with van der Waals surface area (Å²) in [7, 11) is 1.85. The van der Waals surface area contributed by atoms with E-state index in [1.807, 2.05) is 42.9 Å². The van der Waals surface area contributed by atoms with E-state index in [-0.39, 0.29) is 0 Å². The quantitative estimate of drug-likeness (QED) is 0.778. The van der Waals surface area contributed by atoms with Gasteiger partial charge in [0.2, 0.25) is 0 Å². The van der Waals surface area contributed by atoms with Crippen LogP contribution in [0.15, 0.2) is 30.6 Å². The summed E-state index contributed by atoms with van der Waals surface area (Å²) in [6.07, 6.45) is 3.67. The van der Waals surface area contributed by atoms with Crippen molar-refractivity contribution in [1.29, 1.82) is 0 Å². The van der Waals surface area contributed by atoms with E-state index in [0.717, 1.165) is 17.5 Å². The zero-order chi connectivity index (χ0) is 9.97. The highest BCUT2D eigenvalue weighted by Gasteiger charge is 2.01. The molecule has 72 valence electrons. The fourth-order valence-corrected chi connectivity index (χ4v) is 1.32. The van der Waals surface area contributed by atoms with Gasteiger partial charge in [-0.05, 0) is 19.1 Å². The number of imidazole rings is 1. The highest BCUT2D eigenvalue weighted by molar-refractivity contribution is 5.39. The van der Waals surface area contributed by atoms with Gasteiger partial charge in [0.1, 0.15) is 17.5 Å². The fourth-order valence-electron chi connectivity index (χ4n) is 1.32. The van der Waals surface area contributed by atoms with E-state index < -0.39 is 0 Å². The molecule has 2 aromatic rings. The van der Waals surface area contributed by atoms with Crippen LogP contribution in [0.3, 0.4) is 0 Å². The number of aryl methyl sites for hydroxylation is 1. The van der Waals surface area contributed by atoms with Crippen molar-refractivity contribution in [3.63, 3.8) is 0 Å². The predicted molar refractivity (Wildman–Crippen MR) is 55.6 cm³/mol. The second-order valence-corrected chi connectivity index (χ2v) is 2.98. The highest BCUT2D eigenvalue weighted by Crippen LogP contribution is 2.10. The molecule has 0 spiro atoms. The maximum Gasteiger partial charge on any atom is 0.140 e. The van der Waals surface area contributed by atoms with Gasteiger partial charge in [0.05, 0.1) is 0 Å². The summed E-state index contributed by atoms with van der Waals surface area (Å²) in [5, 5.41) is 3.00. The van der Waals surface area contributed by atoms with Gasteiger partial charge in [0.25, 0.3) is 0 Å². The van der Waals surface area contributed by atoms with Crippen molar-refractivity contribution in [3.8, 4) is 5.82 Å². The minimum Gasteiger partial charge on any atom is -0.373 e. The van der Waals surface area contributed by atoms with E-state index in [0.29, 0.717) is 0 Å². The van der Waals surface area contributed by atoms with E-state index >= 15 is 0 Å². The molecular weight excluding hydrogens is 176 g/mol. The standard InChI is InChI=1S/C10H12N4/c1-8-12-6-7-14(8)10-5-3-4-9(11-2)13-10/h3-7H,1-2H3,(H,11,13). The topological polar surface area (TPSA) is 42.7 Å². The summed E-state index contributed by atoms with van der Waals surface area (Å²) in [6, 6.07) is 5.85. The van der Waals surface area contributed by atoms with Gasteiger partial charge < -0.3 is 5.32 Å². The van der Waals surface area contributed by atoms with E-state index in [4.69, 9.17) is 0 Å². The molecule has 2 heterocycles. The molecule has 2 rings (SSSR count). The summed E-state index contributed by atoms with van der Waals surface area (Å²) >= 11 is 0. The summed E-state index contributed by atoms with van der Waals surface area (Å²) in [5.41, 5.74) is 0. The molecule has 14 heavy (non-hydrogen) atoms. The molecule has 0 aliphatic rings. The highest BCUT2D eigenvalue weighted by atomic mass is 15.1. The Balaban J connectivity index is 2.47. The van der Waals surface area contributed by atoms with Crippen LogP contribution < -0.4 is 5.32 Å². The normalized spacial score (nSPS) is 10.1. The van der Waals surface area contributed by atoms with Gasteiger partial charge in [0.15, 0.2) is 0 Å². The van der Waals surface area contributed by atoms with Gasteiger partial charge in [-0.2, -0.15) is 0 Å². The van der Waals surface area contributed by atoms with Crippen LogP contribution in [0.4, 0.5) is 5.82 Å². The smallest absolute Gasteiger partial charge is 0.140 e. The monoisotopic (exact) mass is 188 g/mol. The average Bonchev–Trinajstić information content (AvgIpc) is 2.65. The first-order chi connectivity index (χ1) is 6.81. The Kier molecular flexibility index (Phi) is 2.18. The van der Waals surface area contributed by atoms with Gasteiger partial charge >= 0.3 is 0 Å².